The molecule has 122 valence electrons. The molecule has 6 heteroatoms. The Bertz CT molecular complexity index is 646. The Hall–Kier alpha value is -2.21. The van der Waals surface area contributed by atoms with Crippen molar-refractivity contribution in [3.05, 3.63) is 48.0 Å². The standard InChI is InChI=1S/C17H21FN4O/c18-14-7-3-2-6-13(14)15(23)11-19-16-10-17(21-12-20-16)22-8-4-1-5-9-22/h2-3,6-7,10,12,15,23H,1,4-5,8-9,11H2,(H,19,20,21). The number of aliphatic hydroxyl groups excluding tert-OH is 1. The van der Waals surface area contributed by atoms with Gasteiger partial charge in [0.05, 0.1) is 6.10 Å². The minimum atomic E-state index is -0.926. The summed E-state index contributed by atoms with van der Waals surface area (Å²) < 4.78 is 13.7. The molecule has 1 aliphatic rings. The normalized spacial score (nSPS) is 16.2. The van der Waals surface area contributed by atoms with Crippen LogP contribution in [0.25, 0.3) is 0 Å². The first kappa shape index (κ1) is 15.7. The quantitative estimate of drug-likeness (QED) is 0.888. The highest BCUT2D eigenvalue weighted by atomic mass is 19.1. The predicted octanol–water partition coefficient (Wildman–Crippen LogP) is 2.75. The van der Waals surface area contributed by atoms with E-state index in [2.05, 4.69) is 20.2 Å². The van der Waals surface area contributed by atoms with Crippen LogP contribution < -0.4 is 10.2 Å². The Labute approximate surface area is 135 Å². The van der Waals surface area contributed by atoms with E-state index in [0.717, 1.165) is 18.9 Å². The minimum absolute atomic E-state index is 0.192. The van der Waals surface area contributed by atoms with E-state index in [1.54, 1.807) is 18.2 Å². The van der Waals surface area contributed by atoms with Gasteiger partial charge in [-0.15, -0.1) is 0 Å². The Kier molecular flexibility index (Phi) is 5.02. The third-order valence-electron chi connectivity index (χ3n) is 4.07. The van der Waals surface area contributed by atoms with Crippen molar-refractivity contribution in [2.75, 3.05) is 29.9 Å². The van der Waals surface area contributed by atoms with Gasteiger partial charge in [0.25, 0.3) is 0 Å². The molecule has 0 saturated carbocycles. The lowest BCUT2D eigenvalue weighted by Crippen LogP contribution is -2.30. The minimum Gasteiger partial charge on any atom is -0.386 e. The van der Waals surface area contributed by atoms with E-state index in [1.807, 2.05) is 6.07 Å². The molecule has 0 amide bonds. The smallest absolute Gasteiger partial charge is 0.134 e. The summed E-state index contributed by atoms with van der Waals surface area (Å²) in [7, 11) is 0. The molecule has 0 bridgehead atoms. The van der Waals surface area contributed by atoms with Gasteiger partial charge in [-0.1, -0.05) is 18.2 Å². The van der Waals surface area contributed by atoms with Crippen molar-refractivity contribution in [1.82, 2.24) is 9.97 Å². The number of nitrogens with zero attached hydrogens (tertiary/aromatic N) is 3. The summed E-state index contributed by atoms with van der Waals surface area (Å²) in [4.78, 5) is 10.7. The summed E-state index contributed by atoms with van der Waals surface area (Å²) in [6.45, 7) is 2.21. The van der Waals surface area contributed by atoms with Gasteiger partial charge in [-0.3, -0.25) is 0 Å². The van der Waals surface area contributed by atoms with E-state index in [-0.39, 0.29) is 12.1 Å². The molecule has 1 saturated heterocycles. The zero-order valence-electron chi connectivity index (χ0n) is 13.0. The van der Waals surface area contributed by atoms with Crippen LogP contribution in [-0.4, -0.2) is 34.7 Å². The molecule has 5 nitrogen and oxygen atoms in total. The lowest BCUT2D eigenvalue weighted by atomic mass is 10.1. The fourth-order valence-corrected chi connectivity index (χ4v) is 2.80. The van der Waals surface area contributed by atoms with Crippen LogP contribution in [0.15, 0.2) is 36.7 Å². The first-order valence-electron chi connectivity index (χ1n) is 7.97. The molecular weight excluding hydrogens is 295 g/mol. The van der Waals surface area contributed by atoms with Gasteiger partial charge in [0.1, 0.15) is 23.8 Å². The number of piperidine rings is 1. The molecular formula is C17H21FN4O. The van der Waals surface area contributed by atoms with E-state index in [1.165, 1.54) is 31.7 Å². The lowest BCUT2D eigenvalue weighted by Gasteiger charge is -2.27. The number of aliphatic hydroxyl groups is 1. The Morgan fingerprint density at radius 3 is 2.74 bits per heavy atom. The van der Waals surface area contributed by atoms with Crippen LogP contribution in [0, 0.1) is 5.82 Å². The van der Waals surface area contributed by atoms with Gasteiger partial charge in [-0.05, 0) is 25.3 Å². The fraction of sp³-hybridized carbons (Fsp3) is 0.412. The van der Waals surface area contributed by atoms with E-state index in [4.69, 9.17) is 0 Å². The third-order valence-corrected chi connectivity index (χ3v) is 4.07. The topological polar surface area (TPSA) is 61.3 Å². The monoisotopic (exact) mass is 316 g/mol. The average molecular weight is 316 g/mol. The fourth-order valence-electron chi connectivity index (χ4n) is 2.80. The number of hydrogen-bond acceptors (Lipinski definition) is 5. The van der Waals surface area contributed by atoms with Crippen LogP contribution in [-0.2, 0) is 0 Å². The average Bonchev–Trinajstić information content (AvgIpc) is 2.61. The molecule has 0 radical (unpaired) electrons. The van der Waals surface area contributed by atoms with Crippen molar-refractivity contribution in [2.24, 2.45) is 0 Å². The molecule has 0 aliphatic carbocycles. The van der Waals surface area contributed by atoms with Crippen LogP contribution in [0.5, 0.6) is 0 Å². The number of halogens is 1. The van der Waals surface area contributed by atoms with Crippen molar-refractivity contribution >= 4 is 11.6 Å². The summed E-state index contributed by atoms with van der Waals surface area (Å²) in [5.74, 6) is 1.12. The van der Waals surface area contributed by atoms with Gasteiger partial charge in [0.15, 0.2) is 0 Å². The summed E-state index contributed by atoms with van der Waals surface area (Å²) in [6, 6.07) is 8.12. The van der Waals surface area contributed by atoms with Gasteiger partial charge < -0.3 is 15.3 Å². The Balaban J connectivity index is 1.63. The Morgan fingerprint density at radius 1 is 1.17 bits per heavy atom. The number of anilines is 2. The molecule has 1 unspecified atom stereocenters. The van der Waals surface area contributed by atoms with Crippen molar-refractivity contribution in [2.45, 2.75) is 25.4 Å². The summed E-state index contributed by atoms with van der Waals surface area (Å²) in [5.41, 5.74) is 0.283. The molecule has 1 fully saturated rings. The lowest BCUT2D eigenvalue weighted by molar-refractivity contribution is 0.186. The molecule has 1 aliphatic heterocycles. The molecule has 0 spiro atoms. The second-order valence-electron chi connectivity index (χ2n) is 5.73. The summed E-state index contributed by atoms with van der Waals surface area (Å²) >= 11 is 0. The van der Waals surface area contributed by atoms with E-state index >= 15 is 0 Å². The molecule has 2 N–H and O–H groups in total. The van der Waals surface area contributed by atoms with Crippen LogP contribution in [0.2, 0.25) is 0 Å². The molecule has 2 heterocycles. The number of aromatic nitrogens is 2. The van der Waals surface area contributed by atoms with E-state index in [9.17, 15) is 9.50 Å². The zero-order valence-corrected chi connectivity index (χ0v) is 13.0. The highest BCUT2D eigenvalue weighted by molar-refractivity contribution is 5.48. The van der Waals surface area contributed by atoms with Crippen molar-refractivity contribution in [3.8, 4) is 0 Å². The molecule has 1 aromatic carbocycles. The van der Waals surface area contributed by atoms with E-state index < -0.39 is 11.9 Å². The first-order valence-corrected chi connectivity index (χ1v) is 7.97. The van der Waals surface area contributed by atoms with Gasteiger partial charge >= 0.3 is 0 Å². The number of benzene rings is 1. The largest absolute Gasteiger partial charge is 0.386 e. The molecule has 2 aromatic rings. The van der Waals surface area contributed by atoms with Crippen molar-refractivity contribution < 1.29 is 9.50 Å². The number of hydrogen-bond donors (Lipinski definition) is 2. The maximum atomic E-state index is 13.7. The van der Waals surface area contributed by atoms with Gasteiger partial charge in [-0.2, -0.15) is 0 Å². The highest BCUT2D eigenvalue weighted by Crippen LogP contribution is 2.20. The van der Waals surface area contributed by atoms with Crippen molar-refractivity contribution in [1.29, 1.82) is 0 Å². The third kappa shape index (κ3) is 3.96. The van der Waals surface area contributed by atoms with Crippen LogP contribution in [0.1, 0.15) is 30.9 Å². The van der Waals surface area contributed by atoms with E-state index in [0.29, 0.717) is 5.82 Å². The van der Waals surface area contributed by atoms with Gasteiger partial charge in [0.2, 0.25) is 0 Å². The summed E-state index contributed by atoms with van der Waals surface area (Å²) in [6.07, 6.45) is 4.21. The maximum Gasteiger partial charge on any atom is 0.134 e. The number of rotatable bonds is 5. The van der Waals surface area contributed by atoms with Gasteiger partial charge in [0, 0.05) is 31.3 Å². The first-order chi connectivity index (χ1) is 11.2. The zero-order chi connectivity index (χ0) is 16.1. The highest BCUT2D eigenvalue weighted by Gasteiger charge is 2.14. The Morgan fingerprint density at radius 2 is 1.96 bits per heavy atom. The molecule has 23 heavy (non-hydrogen) atoms. The van der Waals surface area contributed by atoms with Crippen molar-refractivity contribution in [3.63, 3.8) is 0 Å². The second kappa shape index (κ2) is 7.37. The van der Waals surface area contributed by atoms with Crippen LogP contribution >= 0.6 is 0 Å². The maximum absolute atomic E-state index is 13.7. The second-order valence-corrected chi connectivity index (χ2v) is 5.73. The van der Waals surface area contributed by atoms with Gasteiger partial charge in [-0.25, -0.2) is 14.4 Å². The predicted molar refractivity (Wildman–Crippen MR) is 87.9 cm³/mol. The number of nitrogens with one attached hydrogen (secondary N) is 1. The molecule has 1 atom stereocenters. The molecule has 1 aromatic heterocycles. The summed E-state index contributed by atoms with van der Waals surface area (Å²) in [5, 5.41) is 13.2. The van der Waals surface area contributed by atoms with Crippen LogP contribution in [0.3, 0.4) is 0 Å². The van der Waals surface area contributed by atoms with Crippen LogP contribution in [0.4, 0.5) is 16.0 Å². The SMILES string of the molecule is OC(CNc1cc(N2CCCCC2)ncn1)c1ccccc1F. The molecule has 3 rings (SSSR count).